The molecule has 33 heavy (non-hydrogen) atoms. The summed E-state index contributed by atoms with van der Waals surface area (Å²) in [4.78, 5) is 10.7. The molecule has 0 fully saturated rings. The van der Waals surface area contributed by atoms with Crippen LogP contribution in [0.15, 0.2) is 55.6 Å². The van der Waals surface area contributed by atoms with E-state index >= 15 is 0 Å². The molecule has 2 aromatic rings. The summed E-state index contributed by atoms with van der Waals surface area (Å²) in [7, 11) is 0. The average molecular weight is 459 g/mol. The van der Waals surface area contributed by atoms with E-state index in [1.807, 2.05) is 0 Å². The third-order valence-corrected chi connectivity index (χ3v) is 3.97. The van der Waals surface area contributed by atoms with E-state index in [-0.39, 0.29) is 5.91 Å². The van der Waals surface area contributed by atoms with Crippen molar-refractivity contribution >= 4 is 5.91 Å². The minimum absolute atomic E-state index is 0.0416. The largest absolute Gasteiger partial charge is 0.356 e. The maximum absolute atomic E-state index is 12.2. The zero-order valence-corrected chi connectivity index (χ0v) is 20.8. The highest BCUT2D eigenvalue weighted by atomic mass is 19.1. The molecule has 0 radical (unpaired) electrons. The van der Waals surface area contributed by atoms with Gasteiger partial charge in [0, 0.05) is 26.1 Å². The van der Waals surface area contributed by atoms with Crippen LogP contribution in [-0.4, -0.2) is 19.0 Å². The lowest BCUT2D eigenvalue weighted by Gasteiger charge is -2.18. The van der Waals surface area contributed by atoms with Crippen LogP contribution < -0.4 is 10.6 Å². The summed E-state index contributed by atoms with van der Waals surface area (Å²) in [5.41, 5.74) is 3.65. The number of hydrogen-bond acceptors (Lipinski definition) is 2. The van der Waals surface area contributed by atoms with Crippen LogP contribution >= 0.6 is 0 Å². The lowest BCUT2D eigenvalue weighted by molar-refractivity contribution is -0.118. The Labute approximate surface area is 199 Å². The van der Waals surface area contributed by atoms with Crippen molar-refractivity contribution in [3.8, 4) is 12.8 Å². The van der Waals surface area contributed by atoms with Gasteiger partial charge in [-0.1, -0.05) is 45.0 Å². The van der Waals surface area contributed by atoms with Crippen molar-refractivity contribution in [3.63, 3.8) is 0 Å². The van der Waals surface area contributed by atoms with Crippen molar-refractivity contribution in [1.82, 2.24) is 10.6 Å². The van der Waals surface area contributed by atoms with Gasteiger partial charge in [-0.15, -0.1) is 26.0 Å². The Morgan fingerprint density at radius 3 is 2.00 bits per heavy atom. The SMILES string of the molecule is C#C.C=C.CC(=O)NCCCNCc1cccc(CC(C)(C)C)c1.Cc1cc(F)cc(F)c1. The van der Waals surface area contributed by atoms with E-state index in [0.717, 1.165) is 38.5 Å². The molecule has 3 nitrogen and oxygen atoms in total. The lowest BCUT2D eigenvalue weighted by Crippen LogP contribution is -2.25. The number of carbonyl (C=O) groups is 1. The van der Waals surface area contributed by atoms with Gasteiger partial charge in [-0.2, -0.15) is 0 Å². The lowest BCUT2D eigenvalue weighted by atomic mass is 9.88. The summed E-state index contributed by atoms with van der Waals surface area (Å²) in [5.74, 6) is -1.00. The van der Waals surface area contributed by atoms with Crippen molar-refractivity contribution in [2.24, 2.45) is 5.41 Å². The molecule has 1 amide bonds. The predicted molar refractivity (Wildman–Crippen MR) is 137 cm³/mol. The van der Waals surface area contributed by atoms with Gasteiger partial charge in [0.05, 0.1) is 0 Å². The number of amides is 1. The van der Waals surface area contributed by atoms with Gasteiger partial charge in [0.15, 0.2) is 0 Å². The second kappa shape index (κ2) is 18.6. The average Bonchev–Trinajstić information content (AvgIpc) is 2.72. The first-order valence-corrected chi connectivity index (χ1v) is 10.8. The third kappa shape index (κ3) is 19.4. The van der Waals surface area contributed by atoms with Gasteiger partial charge in [-0.25, -0.2) is 8.78 Å². The minimum atomic E-state index is -0.521. The first-order chi connectivity index (χ1) is 15.5. The van der Waals surface area contributed by atoms with Crippen LogP contribution in [0.1, 0.15) is 50.8 Å². The third-order valence-electron chi connectivity index (χ3n) is 3.97. The Kier molecular flexibility index (Phi) is 18.1. The highest BCUT2D eigenvalue weighted by Crippen LogP contribution is 2.21. The van der Waals surface area contributed by atoms with E-state index in [1.54, 1.807) is 13.8 Å². The van der Waals surface area contributed by atoms with Crippen LogP contribution in [0.3, 0.4) is 0 Å². The van der Waals surface area contributed by atoms with Gasteiger partial charge < -0.3 is 10.6 Å². The summed E-state index contributed by atoms with van der Waals surface area (Å²) in [6, 6.07) is 12.2. The van der Waals surface area contributed by atoms with Crippen molar-refractivity contribution in [2.45, 2.75) is 54.0 Å². The van der Waals surface area contributed by atoms with Gasteiger partial charge >= 0.3 is 0 Å². The van der Waals surface area contributed by atoms with Crippen LogP contribution in [0.4, 0.5) is 8.78 Å². The van der Waals surface area contributed by atoms with Crippen molar-refractivity contribution < 1.29 is 13.6 Å². The van der Waals surface area contributed by atoms with Crippen LogP contribution in [0.25, 0.3) is 0 Å². The summed E-state index contributed by atoms with van der Waals surface area (Å²) in [6.07, 6.45) is 10.1. The Morgan fingerprint density at radius 1 is 0.970 bits per heavy atom. The molecule has 0 atom stereocenters. The molecule has 0 unspecified atom stereocenters. The summed E-state index contributed by atoms with van der Waals surface area (Å²) >= 11 is 0. The van der Waals surface area contributed by atoms with E-state index in [4.69, 9.17) is 0 Å². The number of hydrogen-bond donors (Lipinski definition) is 2. The van der Waals surface area contributed by atoms with E-state index in [1.165, 1.54) is 23.3 Å². The molecule has 2 aromatic carbocycles. The Morgan fingerprint density at radius 2 is 1.52 bits per heavy atom. The topological polar surface area (TPSA) is 41.1 Å². The van der Waals surface area contributed by atoms with Crippen LogP contribution in [-0.2, 0) is 17.8 Å². The zero-order valence-electron chi connectivity index (χ0n) is 20.8. The van der Waals surface area contributed by atoms with Crippen molar-refractivity contribution in [1.29, 1.82) is 0 Å². The molecule has 0 aliphatic heterocycles. The normalized spacial score (nSPS) is 9.73. The van der Waals surface area contributed by atoms with Gasteiger partial charge in [-0.3, -0.25) is 4.79 Å². The fourth-order valence-electron chi connectivity index (χ4n) is 2.86. The van der Waals surface area contributed by atoms with Gasteiger partial charge in [-0.05, 0) is 60.5 Å². The van der Waals surface area contributed by atoms with Gasteiger partial charge in [0.2, 0.25) is 5.91 Å². The van der Waals surface area contributed by atoms with E-state index in [9.17, 15) is 13.6 Å². The standard InChI is InChI=1S/C17H28N2O.C7H6F2.C2H4.C2H2/c1-14(20)19-10-6-9-18-13-16-8-5-7-15(11-16)12-17(2,3)4;1-5-2-6(8)4-7(9)3-5;2*1-2/h5,7-8,11,18H,6,9-10,12-13H2,1-4H3,(H,19,20);2-4H,1H3;1-2H2;1-2H. The van der Waals surface area contributed by atoms with Crippen LogP contribution in [0, 0.1) is 36.8 Å². The molecule has 2 N–H and O–H groups in total. The molecule has 0 saturated heterocycles. The molecular weight excluding hydrogens is 418 g/mol. The van der Waals surface area contributed by atoms with Gasteiger partial charge in [0.1, 0.15) is 11.6 Å². The number of terminal acetylenes is 1. The predicted octanol–water partition coefficient (Wildman–Crippen LogP) is 6.22. The zero-order chi connectivity index (χ0) is 25.9. The molecule has 182 valence electrons. The number of halogens is 2. The Hall–Kier alpha value is -2.97. The number of carbonyl (C=O) groups excluding carboxylic acids is 1. The molecule has 0 aromatic heterocycles. The van der Waals surface area contributed by atoms with Crippen LogP contribution in [0.5, 0.6) is 0 Å². The molecular formula is C28H40F2N2O. The summed E-state index contributed by atoms with van der Waals surface area (Å²) < 4.78 is 24.4. The highest BCUT2D eigenvalue weighted by molar-refractivity contribution is 5.72. The number of benzene rings is 2. The van der Waals surface area contributed by atoms with E-state index in [2.05, 4.69) is 81.7 Å². The molecule has 0 spiro atoms. The molecule has 0 bridgehead atoms. The first-order valence-electron chi connectivity index (χ1n) is 10.8. The van der Waals surface area contributed by atoms with Gasteiger partial charge in [0.25, 0.3) is 0 Å². The fraction of sp³-hybridized carbons (Fsp3) is 0.393. The van der Waals surface area contributed by atoms with E-state index < -0.39 is 11.6 Å². The smallest absolute Gasteiger partial charge is 0.216 e. The second-order valence-electron chi connectivity index (χ2n) is 8.52. The monoisotopic (exact) mass is 458 g/mol. The summed E-state index contributed by atoms with van der Waals surface area (Å²) in [6.45, 7) is 18.5. The number of nitrogens with one attached hydrogen (secondary N) is 2. The molecule has 0 heterocycles. The minimum Gasteiger partial charge on any atom is -0.356 e. The Balaban J connectivity index is 0. The van der Waals surface area contributed by atoms with Crippen LogP contribution in [0.2, 0.25) is 0 Å². The summed E-state index contributed by atoms with van der Waals surface area (Å²) in [5, 5.41) is 6.21. The fourth-order valence-corrected chi connectivity index (χ4v) is 2.86. The molecule has 0 saturated carbocycles. The highest BCUT2D eigenvalue weighted by Gasteiger charge is 2.11. The molecule has 5 heteroatoms. The molecule has 0 aliphatic rings. The van der Waals surface area contributed by atoms with E-state index in [0.29, 0.717) is 11.0 Å². The molecule has 2 rings (SSSR count). The second-order valence-corrected chi connectivity index (χ2v) is 8.52. The van der Waals surface area contributed by atoms with Crippen molar-refractivity contribution in [3.05, 3.63) is 83.9 Å². The molecule has 0 aliphatic carbocycles. The quantitative estimate of drug-likeness (QED) is 0.294. The Bertz CT molecular complexity index is 776. The van der Waals surface area contributed by atoms with Crippen molar-refractivity contribution in [2.75, 3.05) is 13.1 Å². The maximum Gasteiger partial charge on any atom is 0.216 e. The maximum atomic E-state index is 12.2. The number of rotatable bonds is 7. The number of aryl methyl sites for hydroxylation is 1. The first kappa shape index (κ1) is 32.2.